The summed E-state index contributed by atoms with van der Waals surface area (Å²) in [4.78, 5) is 41.9. The van der Waals surface area contributed by atoms with Gasteiger partial charge in [0, 0.05) is 44.0 Å². The van der Waals surface area contributed by atoms with Crippen molar-refractivity contribution in [1.82, 2.24) is 30.1 Å². The van der Waals surface area contributed by atoms with E-state index in [1.165, 1.54) is 0 Å². The van der Waals surface area contributed by atoms with E-state index in [4.69, 9.17) is 9.47 Å². The fraction of sp³-hybridized carbons (Fsp3) is 0.414. The third kappa shape index (κ3) is 7.57. The summed E-state index contributed by atoms with van der Waals surface area (Å²) in [5, 5.41) is 8.84. The molecule has 1 fully saturated rings. The monoisotopic (exact) mass is 614 g/mol. The number of halogens is 3. The van der Waals surface area contributed by atoms with Crippen LogP contribution in [0.5, 0.6) is 11.8 Å². The first-order chi connectivity index (χ1) is 21.0. The van der Waals surface area contributed by atoms with Gasteiger partial charge in [-0.1, -0.05) is 12.1 Å². The number of hydrogen-bond donors (Lipinski definition) is 3. The van der Waals surface area contributed by atoms with Crippen LogP contribution in [0, 0.1) is 0 Å². The highest BCUT2D eigenvalue weighted by Gasteiger charge is 2.45. The van der Waals surface area contributed by atoms with Crippen molar-refractivity contribution >= 4 is 29.5 Å². The lowest BCUT2D eigenvalue weighted by Crippen LogP contribution is -2.52. The van der Waals surface area contributed by atoms with Gasteiger partial charge in [-0.3, -0.25) is 4.79 Å². The summed E-state index contributed by atoms with van der Waals surface area (Å²) in [6.45, 7) is 4.69. The van der Waals surface area contributed by atoms with Crippen LogP contribution in [0.4, 0.5) is 35.5 Å². The number of amides is 3. The van der Waals surface area contributed by atoms with Crippen molar-refractivity contribution in [3.05, 3.63) is 59.7 Å². The van der Waals surface area contributed by atoms with Gasteiger partial charge in [0.05, 0.1) is 12.1 Å². The van der Waals surface area contributed by atoms with E-state index in [-0.39, 0.29) is 36.9 Å². The van der Waals surface area contributed by atoms with Crippen molar-refractivity contribution in [2.45, 2.75) is 38.5 Å². The summed E-state index contributed by atoms with van der Waals surface area (Å²) in [5.74, 6) is 0.277. The number of urea groups is 1. The Morgan fingerprint density at radius 3 is 2.43 bits per heavy atom. The fourth-order valence-corrected chi connectivity index (χ4v) is 5.05. The van der Waals surface area contributed by atoms with Crippen LogP contribution in [0.2, 0.25) is 0 Å². The molecule has 6 heterocycles. The predicted octanol–water partition coefficient (Wildman–Crippen LogP) is 4.20. The van der Waals surface area contributed by atoms with Crippen LogP contribution in [-0.2, 0) is 6.54 Å². The van der Waals surface area contributed by atoms with Gasteiger partial charge in [-0.25, -0.2) is 4.79 Å². The number of nitrogens with one attached hydrogen (secondary N) is 3. The zero-order valence-electron chi connectivity index (χ0n) is 24.3. The van der Waals surface area contributed by atoms with Gasteiger partial charge in [0.15, 0.2) is 6.61 Å². The topological polar surface area (TPSA) is 134 Å². The van der Waals surface area contributed by atoms with Gasteiger partial charge in [0.1, 0.15) is 5.75 Å². The molecule has 0 saturated carbocycles. The van der Waals surface area contributed by atoms with Crippen molar-refractivity contribution in [1.29, 1.82) is 0 Å². The quantitative estimate of drug-likeness (QED) is 0.397. The van der Waals surface area contributed by atoms with Gasteiger partial charge in [-0.2, -0.15) is 28.1 Å². The molecule has 234 valence electrons. The predicted molar refractivity (Wildman–Crippen MR) is 155 cm³/mol. The number of rotatable bonds is 3. The van der Waals surface area contributed by atoms with E-state index in [1.54, 1.807) is 46.2 Å². The molecule has 5 aliphatic heterocycles. The maximum Gasteiger partial charge on any atom is 0.422 e. The van der Waals surface area contributed by atoms with Crippen molar-refractivity contribution in [2.24, 2.45) is 0 Å². The van der Waals surface area contributed by atoms with Crippen molar-refractivity contribution in [3.8, 4) is 11.8 Å². The Balaban J connectivity index is 1.40. The van der Waals surface area contributed by atoms with E-state index in [0.717, 1.165) is 5.56 Å². The van der Waals surface area contributed by atoms with Crippen LogP contribution in [0.3, 0.4) is 0 Å². The smallest absolute Gasteiger partial charge is 0.422 e. The number of hydrogen-bond acceptors (Lipinski definition) is 9. The first kappa shape index (κ1) is 30.6. The van der Waals surface area contributed by atoms with Gasteiger partial charge in [-0.05, 0) is 62.2 Å². The van der Waals surface area contributed by atoms with Gasteiger partial charge >= 0.3 is 18.2 Å². The zero-order valence-corrected chi connectivity index (χ0v) is 24.3. The minimum atomic E-state index is -4.58. The van der Waals surface area contributed by atoms with Crippen LogP contribution in [0.1, 0.15) is 36.2 Å². The third-order valence-corrected chi connectivity index (χ3v) is 7.23. The second kappa shape index (κ2) is 12.8. The minimum Gasteiger partial charge on any atom is -0.494 e. The van der Waals surface area contributed by atoms with Gasteiger partial charge in [-0.15, -0.1) is 0 Å². The lowest BCUT2D eigenvalue weighted by Gasteiger charge is -2.32. The van der Waals surface area contributed by atoms with Crippen molar-refractivity contribution < 1.29 is 32.2 Å². The van der Waals surface area contributed by atoms with Gasteiger partial charge < -0.3 is 35.2 Å². The van der Waals surface area contributed by atoms with E-state index < -0.39 is 24.3 Å². The summed E-state index contributed by atoms with van der Waals surface area (Å²) in [6, 6.07) is 13.1. The average molecular weight is 615 g/mol. The number of alkyl halides is 3. The Labute approximate surface area is 252 Å². The molecular weight excluding hydrogens is 581 g/mol. The van der Waals surface area contributed by atoms with Crippen molar-refractivity contribution in [2.75, 3.05) is 50.0 Å². The molecule has 15 heteroatoms. The number of carbonyl (C=O) groups is 2. The molecule has 8 rings (SSSR count). The number of ether oxygens (including phenoxy) is 2. The molecule has 3 N–H and O–H groups in total. The Morgan fingerprint density at radius 1 is 1.00 bits per heavy atom. The minimum absolute atomic E-state index is 0.000694. The normalized spacial score (nSPS) is 19.5. The molecule has 12 nitrogen and oxygen atoms in total. The Hall–Kier alpha value is -4.82. The molecule has 0 aliphatic carbocycles. The van der Waals surface area contributed by atoms with Crippen LogP contribution < -0.4 is 25.4 Å². The lowest BCUT2D eigenvalue weighted by atomic mass is 10.0. The maximum absolute atomic E-state index is 13.1. The van der Waals surface area contributed by atoms with E-state index in [1.807, 2.05) is 26.0 Å². The number of benzene rings is 2. The van der Waals surface area contributed by atoms with Crippen LogP contribution >= 0.6 is 0 Å². The maximum atomic E-state index is 13.1. The summed E-state index contributed by atoms with van der Waals surface area (Å²) in [6.07, 6.45) is -3.96. The largest absolute Gasteiger partial charge is 0.494 e. The summed E-state index contributed by atoms with van der Waals surface area (Å²) in [7, 11) is 0. The van der Waals surface area contributed by atoms with E-state index >= 15 is 0 Å². The van der Waals surface area contributed by atoms with Crippen LogP contribution in [0.15, 0.2) is 48.5 Å². The first-order valence-electron chi connectivity index (χ1n) is 14.1. The number of aromatic nitrogens is 3. The van der Waals surface area contributed by atoms with E-state index in [9.17, 15) is 22.8 Å². The molecule has 1 aromatic heterocycles. The van der Waals surface area contributed by atoms with Crippen LogP contribution in [0.25, 0.3) is 0 Å². The summed E-state index contributed by atoms with van der Waals surface area (Å²) < 4.78 is 49.1. The molecule has 8 bridgehead atoms. The Bertz CT molecular complexity index is 1470. The molecular formula is C29H33F3N8O4. The SMILES string of the molecule is CCN1C(=O)N2CCCOc3ccc(cc3)CNc3nc(nc(OCC(F)(F)F)n3)Nc3ccc(cc3)C(=O)NCC1(C)C2. The fourth-order valence-electron chi connectivity index (χ4n) is 5.05. The summed E-state index contributed by atoms with van der Waals surface area (Å²) in [5.41, 5.74) is 1.11. The first-order valence-corrected chi connectivity index (χ1v) is 14.1. The highest BCUT2D eigenvalue weighted by atomic mass is 19.4. The molecule has 3 aromatic rings. The van der Waals surface area contributed by atoms with Crippen LogP contribution in [-0.4, -0.2) is 87.8 Å². The molecule has 1 atom stereocenters. The molecule has 2 aromatic carbocycles. The number of nitrogens with zero attached hydrogens (tertiary/aromatic N) is 5. The lowest BCUT2D eigenvalue weighted by molar-refractivity contribution is -0.154. The number of likely N-dealkylation sites (N-methyl/N-ethyl adjacent to an activating group) is 1. The standard InChI is InChI=1S/C29H33F3N8O4/c1-3-40-27(42)39-13-4-14-43-22-11-5-19(6-12-22)15-33-24-36-25(38-26(37-24)44-18-29(30,31)32)35-21-9-7-20(8-10-21)23(41)34-16-28(40,2)17-39/h5-12H,3-4,13-18H2,1-2H3,(H,34,41)(H2,33,35,36,37,38). The number of anilines is 3. The third-order valence-electron chi connectivity index (χ3n) is 7.23. The molecule has 0 radical (unpaired) electrons. The number of carbonyl (C=O) groups excluding carboxylic acids is 2. The molecule has 3 amide bonds. The highest BCUT2D eigenvalue weighted by Crippen LogP contribution is 2.27. The molecule has 0 spiro atoms. The summed E-state index contributed by atoms with van der Waals surface area (Å²) >= 11 is 0. The second-order valence-electron chi connectivity index (χ2n) is 10.7. The van der Waals surface area contributed by atoms with E-state index in [2.05, 4.69) is 30.9 Å². The Morgan fingerprint density at radius 2 is 1.73 bits per heavy atom. The molecule has 1 saturated heterocycles. The molecule has 1 unspecified atom stereocenters. The van der Waals surface area contributed by atoms with Crippen molar-refractivity contribution in [3.63, 3.8) is 0 Å². The average Bonchev–Trinajstić information content (AvgIpc) is 3.24. The highest BCUT2D eigenvalue weighted by molar-refractivity contribution is 5.94. The Kier molecular flexibility index (Phi) is 8.92. The zero-order chi connectivity index (χ0) is 31.3. The van der Waals surface area contributed by atoms with E-state index in [0.29, 0.717) is 49.7 Å². The van der Waals surface area contributed by atoms with Gasteiger partial charge in [0.2, 0.25) is 11.9 Å². The molecule has 44 heavy (non-hydrogen) atoms. The second-order valence-corrected chi connectivity index (χ2v) is 10.7. The molecule has 5 aliphatic rings. The van der Waals surface area contributed by atoms with Gasteiger partial charge in [0.25, 0.3) is 5.91 Å².